The van der Waals surface area contributed by atoms with Gasteiger partial charge < -0.3 is 14.9 Å². The average Bonchev–Trinajstić information content (AvgIpc) is 2.92. The highest BCUT2D eigenvalue weighted by molar-refractivity contribution is 6.07. The molecule has 0 unspecified atom stereocenters. The first-order chi connectivity index (χ1) is 13.4. The van der Waals surface area contributed by atoms with Gasteiger partial charge in [-0.25, -0.2) is 9.37 Å². The first-order valence-corrected chi connectivity index (χ1v) is 9.26. The number of H-pyrrole nitrogens is 1. The number of aromatic nitrogens is 3. The lowest BCUT2D eigenvalue weighted by molar-refractivity contribution is 0.0764. The topological polar surface area (TPSA) is 85.3 Å². The quantitative estimate of drug-likeness (QED) is 0.710. The number of carbonyl (C=O) groups is 1. The van der Waals surface area contributed by atoms with Crippen LogP contribution >= 0.6 is 0 Å². The Morgan fingerprint density at radius 1 is 1.21 bits per heavy atom. The van der Waals surface area contributed by atoms with Crippen molar-refractivity contribution in [1.29, 1.82) is 0 Å². The van der Waals surface area contributed by atoms with E-state index in [0.29, 0.717) is 40.9 Å². The van der Waals surface area contributed by atoms with E-state index in [1.807, 2.05) is 11.8 Å². The Morgan fingerprint density at radius 2 is 2.04 bits per heavy atom. The zero-order chi connectivity index (χ0) is 19.8. The largest absolute Gasteiger partial charge is 0.505 e. The van der Waals surface area contributed by atoms with Crippen LogP contribution < -0.4 is 0 Å². The van der Waals surface area contributed by atoms with E-state index in [4.69, 9.17) is 0 Å². The van der Waals surface area contributed by atoms with Gasteiger partial charge in [-0.15, -0.1) is 0 Å². The maximum absolute atomic E-state index is 13.8. The lowest BCUT2D eigenvalue weighted by Crippen LogP contribution is -2.34. The van der Waals surface area contributed by atoms with Crippen LogP contribution in [0.1, 0.15) is 22.5 Å². The van der Waals surface area contributed by atoms with Gasteiger partial charge in [0.05, 0.1) is 16.6 Å². The monoisotopic (exact) mass is 383 g/mol. The Bertz CT molecular complexity index is 1050. The molecule has 1 aliphatic heterocycles. The van der Waals surface area contributed by atoms with E-state index in [0.717, 1.165) is 25.2 Å². The molecule has 2 aromatic heterocycles. The van der Waals surface area contributed by atoms with Crippen molar-refractivity contribution in [2.24, 2.45) is 0 Å². The molecule has 0 bridgehead atoms. The molecule has 28 heavy (non-hydrogen) atoms. The summed E-state index contributed by atoms with van der Waals surface area (Å²) >= 11 is 0. The number of rotatable bonds is 2. The molecule has 1 aliphatic rings. The highest BCUT2D eigenvalue weighted by Gasteiger charge is 2.24. The van der Waals surface area contributed by atoms with E-state index in [-0.39, 0.29) is 5.91 Å². The van der Waals surface area contributed by atoms with Crippen LogP contribution in [0.25, 0.3) is 22.3 Å². The molecule has 0 atom stereocenters. The molecular weight excluding hydrogens is 361 g/mol. The van der Waals surface area contributed by atoms with Gasteiger partial charge in [0.25, 0.3) is 5.91 Å². The minimum Gasteiger partial charge on any atom is -0.505 e. The van der Waals surface area contributed by atoms with Crippen molar-refractivity contribution in [3.63, 3.8) is 0 Å². The minimum atomic E-state index is -0.735. The highest BCUT2D eigenvalue weighted by atomic mass is 19.1. The fourth-order valence-corrected chi connectivity index (χ4v) is 3.58. The minimum absolute atomic E-state index is 0.0762. The summed E-state index contributed by atoms with van der Waals surface area (Å²) in [6, 6.07) is 5.74. The number of phenolic OH excluding ortho intramolecular Hbond substituents is 1. The van der Waals surface area contributed by atoms with Crippen LogP contribution in [0.2, 0.25) is 0 Å². The number of aryl methyl sites for hydroxylation is 1. The number of fused-ring (bicyclic) bond motifs is 1. The van der Waals surface area contributed by atoms with Crippen LogP contribution in [0, 0.1) is 12.7 Å². The highest BCUT2D eigenvalue weighted by Crippen LogP contribution is 2.29. The fraction of sp³-hybridized carbons (Fsp3) is 0.350. The Balaban J connectivity index is 1.81. The Morgan fingerprint density at radius 3 is 2.82 bits per heavy atom. The van der Waals surface area contributed by atoms with E-state index in [2.05, 4.69) is 27.1 Å². The SMILES string of the molecule is Cc1[nH]nc2nc(-c3ccc(O)c(F)c3)cc(C(=O)N3CCCN(C)CC3)c12. The number of pyridine rings is 1. The first-order valence-electron chi connectivity index (χ1n) is 9.26. The van der Waals surface area contributed by atoms with Crippen LogP contribution in [0.4, 0.5) is 4.39 Å². The molecule has 2 N–H and O–H groups in total. The smallest absolute Gasteiger partial charge is 0.254 e. The Labute approximate surface area is 161 Å². The van der Waals surface area contributed by atoms with Crippen molar-refractivity contribution in [3.8, 4) is 17.0 Å². The summed E-state index contributed by atoms with van der Waals surface area (Å²) in [4.78, 5) is 21.9. The molecular formula is C20H22FN5O2. The zero-order valence-corrected chi connectivity index (χ0v) is 15.9. The zero-order valence-electron chi connectivity index (χ0n) is 15.9. The summed E-state index contributed by atoms with van der Waals surface area (Å²) in [6.45, 7) is 4.97. The van der Waals surface area contributed by atoms with Crippen LogP contribution in [0.5, 0.6) is 5.75 Å². The van der Waals surface area contributed by atoms with E-state index >= 15 is 0 Å². The van der Waals surface area contributed by atoms with Crippen molar-refractivity contribution in [2.75, 3.05) is 33.2 Å². The van der Waals surface area contributed by atoms with Gasteiger partial charge in [0.15, 0.2) is 17.2 Å². The number of likely N-dealkylation sites (N-methyl/N-ethyl adjacent to an activating group) is 1. The van der Waals surface area contributed by atoms with Crippen LogP contribution in [0.15, 0.2) is 24.3 Å². The van der Waals surface area contributed by atoms with Gasteiger partial charge in [0.2, 0.25) is 0 Å². The van der Waals surface area contributed by atoms with E-state index in [9.17, 15) is 14.3 Å². The van der Waals surface area contributed by atoms with Gasteiger partial charge in [0.1, 0.15) is 0 Å². The van der Waals surface area contributed by atoms with Gasteiger partial charge in [0, 0.05) is 30.9 Å². The molecule has 1 fully saturated rings. The maximum Gasteiger partial charge on any atom is 0.254 e. The number of amides is 1. The van der Waals surface area contributed by atoms with Crippen LogP contribution in [0.3, 0.4) is 0 Å². The second kappa shape index (κ2) is 7.20. The van der Waals surface area contributed by atoms with Gasteiger partial charge in [-0.2, -0.15) is 5.10 Å². The van der Waals surface area contributed by atoms with Crippen molar-refractivity contribution < 1.29 is 14.3 Å². The average molecular weight is 383 g/mol. The summed E-state index contributed by atoms with van der Waals surface area (Å²) in [7, 11) is 2.05. The number of phenols is 1. The molecule has 0 spiro atoms. The number of aromatic hydroxyl groups is 1. The standard InChI is InChI=1S/C20H22FN5O2/c1-12-18-14(20(28)26-7-3-6-25(2)8-9-26)11-16(22-19(18)24-23-12)13-4-5-17(27)15(21)10-13/h4-5,10-11,27H,3,6-9H2,1-2H3,(H,22,23,24). The predicted octanol–water partition coefficient (Wildman–Crippen LogP) is 2.56. The lowest BCUT2D eigenvalue weighted by atomic mass is 10.0. The van der Waals surface area contributed by atoms with Crippen molar-refractivity contribution in [2.45, 2.75) is 13.3 Å². The second-order valence-electron chi connectivity index (χ2n) is 7.22. The second-order valence-corrected chi connectivity index (χ2v) is 7.22. The number of hydrogen-bond acceptors (Lipinski definition) is 5. The van der Waals surface area contributed by atoms with Gasteiger partial charge in [-0.3, -0.25) is 9.89 Å². The molecule has 3 aromatic rings. The third kappa shape index (κ3) is 3.31. The number of carbonyl (C=O) groups excluding carboxylic acids is 1. The fourth-order valence-electron chi connectivity index (χ4n) is 3.58. The number of nitrogens with zero attached hydrogens (tertiary/aromatic N) is 4. The molecule has 1 aromatic carbocycles. The normalized spacial score (nSPS) is 15.8. The molecule has 7 nitrogen and oxygen atoms in total. The molecule has 4 rings (SSSR count). The molecule has 0 aliphatic carbocycles. The summed E-state index contributed by atoms with van der Waals surface area (Å²) in [5.41, 5.74) is 2.60. The van der Waals surface area contributed by atoms with E-state index in [1.54, 1.807) is 12.1 Å². The number of halogens is 1. The summed E-state index contributed by atoms with van der Waals surface area (Å²) < 4.78 is 13.8. The first kappa shape index (κ1) is 18.4. The molecule has 1 amide bonds. The predicted molar refractivity (Wildman–Crippen MR) is 104 cm³/mol. The van der Waals surface area contributed by atoms with Crippen LogP contribution in [-0.4, -0.2) is 69.2 Å². The molecule has 146 valence electrons. The molecule has 0 saturated carbocycles. The molecule has 1 saturated heterocycles. The third-order valence-corrected chi connectivity index (χ3v) is 5.19. The van der Waals surface area contributed by atoms with Crippen molar-refractivity contribution in [1.82, 2.24) is 25.0 Å². The number of nitrogens with one attached hydrogen (secondary N) is 1. The summed E-state index contributed by atoms with van der Waals surface area (Å²) in [5.74, 6) is -1.24. The number of benzene rings is 1. The van der Waals surface area contributed by atoms with Crippen LogP contribution in [-0.2, 0) is 0 Å². The third-order valence-electron chi connectivity index (χ3n) is 5.19. The van der Waals surface area contributed by atoms with Gasteiger partial charge >= 0.3 is 0 Å². The van der Waals surface area contributed by atoms with Crippen molar-refractivity contribution >= 4 is 16.9 Å². The van der Waals surface area contributed by atoms with Gasteiger partial charge in [-0.1, -0.05) is 0 Å². The summed E-state index contributed by atoms with van der Waals surface area (Å²) in [6.07, 6.45) is 0.914. The Kier molecular flexibility index (Phi) is 4.72. The lowest BCUT2D eigenvalue weighted by Gasteiger charge is -2.21. The van der Waals surface area contributed by atoms with Gasteiger partial charge in [-0.05, 0) is 51.2 Å². The van der Waals surface area contributed by atoms with E-state index < -0.39 is 11.6 Å². The Hall–Kier alpha value is -3.00. The number of hydrogen-bond donors (Lipinski definition) is 2. The maximum atomic E-state index is 13.8. The molecule has 0 radical (unpaired) electrons. The molecule has 8 heteroatoms. The molecule has 3 heterocycles. The van der Waals surface area contributed by atoms with E-state index in [1.165, 1.54) is 12.1 Å². The number of aromatic amines is 1. The van der Waals surface area contributed by atoms with Crippen molar-refractivity contribution in [3.05, 3.63) is 41.3 Å². The summed E-state index contributed by atoms with van der Waals surface area (Å²) in [5, 5.41) is 17.2.